The smallest absolute Gasteiger partial charge is 0.0587 e. The summed E-state index contributed by atoms with van der Waals surface area (Å²) in [5.74, 6) is 0.771. The van der Waals surface area contributed by atoms with Crippen molar-refractivity contribution < 1.29 is 9.47 Å². The Kier molecular flexibility index (Phi) is 5.58. The van der Waals surface area contributed by atoms with E-state index in [1.165, 1.54) is 19.3 Å². The highest BCUT2D eigenvalue weighted by Crippen LogP contribution is 2.52. The fourth-order valence-electron chi connectivity index (χ4n) is 2.12. The maximum absolute atomic E-state index is 5.14. The quantitative estimate of drug-likeness (QED) is 0.594. The summed E-state index contributed by atoms with van der Waals surface area (Å²) in [6.45, 7) is 6.16. The Morgan fingerprint density at radius 1 is 1.20 bits per heavy atom. The second kappa shape index (κ2) is 6.46. The van der Waals surface area contributed by atoms with Crippen LogP contribution >= 0.6 is 0 Å². The lowest BCUT2D eigenvalue weighted by Crippen LogP contribution is -2.31. The van der Waals surface area contributed by atoms with Crippen LogP contribution in [0, 0.1) is 11.3 Å². The summed E-state index contributed by atoms with van der Waals surface area (Å²) in [5, 5.41) is 3.48. The molecule has 0 aromatic heterocycles. The molecule has 0 spiro atoms. The van der Waals surface area contributed by atoms with Gasteiger partial charge in [-0.25, -0.2) is 0 Å². The van der Waals surface area contributed by atoms with Crippen LogP contribution in [0.1, 0.15) is 26.2 Å². The van der Waals surface area contributed by atoms with Crippen LogP contribution in [-0.2, 0) is 9.47 Å². The van der Waals surface area contributed by atoms with Crippen LogP contribution in [0.3, 0.4) is 0 Å². The van der Waals surface area contributed by atoms with Crippen LogP contribution in [0.25, 0.3) is 0 Å². The number of methoxy groups -OCH3 is 2. The van der Waals surface area contributed by atoms with E-state index in [9.17, 15) is 0 Å². The third kappa shape index (κ3) is 4.09. The average molecular weight is 215 g/mol. The Bertz CT molecular complexity index is 169. The lowest BCUT2D eigenvalue weighted by Gasteiger charge is -2.23. The SMILES string of the molecule is COCCNCC1(C(C)CCOC)CC1. The van der Waals surface area contributed by atoms with Gasteiger partial charge < -0.3 is 14.8 Å². The Labute approximate surface area is 93.5 Å². The number of hydrogen-bond donors (Lipinski definition) is 1. The maximum Gasteiger partial charge on any atom is 0.0587 e. The standard InChI is InChI=1S/C12H25NO2/c1-11(4-8-14-2)12(5-6-12)10-13-7-9-15-3/h11,13H,4-10H2,1-3H3. The van der Waals surface area contributed by atoms with Crippen molar-refractivity contribution in [3.63, 3.8) is 0 Å². The van der Waals surface area contributed by atoms with Crippen molar-refractivity contribution in [3.05, 3.63) is 0 Å². The van der Waals surface area contributed by atoms with Crippen LogP contribution in [0.4, 0.5) is 0 Å². The van der Waals surface area contributed by atoms with Crippen molar-refractivity contribution in [2.75, 3.05) is 40.5 Å². The predicted molar refractivity (Wildman–Crippen MR) is 62.1 cm³/mol. The molecule has 3 nitrogen and oxygen atoms in total. The van der Waals surface area contributed by atoms with Crippen LogP contribution in [-0.4, -0.2) is 40.5 Å². The summed E-state index contributed by atoms with van der Waals surface area (Å²) < 4.78 is 10.2. The summed E-state index contributed by atoms with van der Waals surface area (Å²) in [6, 6.07) is 0. The largest absolute Gasteiger partial charge is 0.385 e. The third-order valence-corrected chi connectivity index (χ3v) is 3.65. The van der Waals surface area contributed by atoms with Crippen molar-refractivity contribution in [1.29, 1.82) is 0 Å². The maximum atomic E-state index is 5.14. The van der Waals surface area contributed by atoms with Crippen molar-refractivity contribution in [3.8, 4) is 0 Å². The highest BCUT2D eigenvalue weighted by atomic mass is 16.5. The van der Waals surface area contributed by atoms with E-state index in [1.54, 1.807) is 14.2 Å². The fraction of sp³-hybridized carbons (Fsp3) is 1.00. The molecule has 3 heteroatoms. The minimum Gasteiger partial charge on any atom is -0.385 e. The number of nitrogens with one attached hydrogen (secondary N) is 1. The summed E-state index contributed by atoms with van der Waals surface area (Å²) in [4.78, 5) is 0. The first kappa shape index (κ1) is 12.9. The topological polar surface area (TPSA) is 30.5 Å². The van der Waals surface area contributed by atoms with Crippen LogP contribution in [0.5, 0.6) is 0 Å². The first-order valence-electron chi connectivity index (χ1n) is 5.94. The van der Waals surface area contributed by atoms with Gasteiger partial charge in [0.2, 0.25) is 0 Å². The highest BCUT2D eigenvalue weighted by Gasteiger charge is 2.46. The molecule has 90 valence electrons. The van der Waals surface area contributed by atoms with E-state index in [4.69, 9.17) is 9.47 Å². The van der Waals surface area contributed by atoms with Gasteiger partial charge >= 0.3 is 0 Å². The van der Waals surface area contributed by atoms with Crippen molar-refractivity contribution in [2.24, 2.45) is 11.3 Å². The molecule has 1 rings (SSSR count). The molecule has 1 fully saturated rings. The van der Waals surface area contributed by atoms with Gasteiger partial charge in [0.15, 0.2) is 0 Å². The molecule has 0 amide bonds. The van der Waals surface area contributed by atoms with Gasteiger partial charge in [-0.2, -0.15) is 0 Å². The van der Waals surface area contributed by atoms with E-state index in [0.29, 0.717) is 5.41 Å². The summed E-state index contributed by atoms with van der Waals surface area (Å²) in [6.07, 6.45) is 3.93. The molecule has 1 aliphatic carbocycles. The number of ether oxygens (including phenoxy) is 2. The minimum absolute atomic E-state index is 0.562. The molecule has 0 aromatic carbocycles. The molecule has 0 aliphatic heterocycles. The van der Waals surface area contributed by atoms with Crippen LogP contribution < -0.4 is 5.32 Å². The molecule has 0 radical (unpaired) electrons. The van der Waals surface area contributed by atoms with Crippen molar-refractivity contribution in [1.82, 2.24) is 5.32 Å². The molecule has 0 aromatic rings. The monoisotopic (exact) mass is 215 g/mol. The first-order valence-corrected chi connectivity index (χ1v) is 5.94. The summed E-state index contributed by atoms with van der Waals surface area (Å²) in [7, 11) is 3.53. The van der Waals surface area contributed by atoms with Gasteiger partial charge in [-0.3, -0.25) is 0 Å². The molecular weight excluding hydrogens is 190 g/mol. The van der Waals surface area contributed by atoms with Crippen molar-refractivity contribution >= 4 is 0 Å². The van der Waals surface area contributed by atoms with Gasteiger partial charge in [0.05, 0.1) is 6.61 Å². The molecule has 0 heterocycles. The van der Waals surface area contributed by atoms with Crippen molar-refractivity contribution in [2.45, 2.75) is 26.2 Å². The molecule has 15 heavy (non-hydrogen) atoms. The van der Waals surface area contributed by atoms with E-state index in [-0.39, 0.29) is 0 Å². The zero-order valence-corrected chi connectivity index (χ0v) is 10.3. The van der Waals surface area contributed by atoms with E-state index in [2.05, 4.69) is 12.2 Å². The van der Waals surface area contributed by atoms with E-state index in [0.717, 1.165) is 32.2 Å². The fourth-order valence-corrected chi connectivity index (χ4v) is 2.12. The van der Waals surface area contributed by atoms with Gasteiger partial charge in [0.1, 0.15) is 0 Å². The Morgan fingerprint density at radius 3 is 2.40 bits per heavy atom. The minimum atomic E-state index is 0.562. The summed E-state index contributed by atoms with van der Waals surface area (Å²) >= 11 is 0. The Morgan fingerprint density at radius 2 is 1.87 bits per heavy atom. The van der Waals surface area contributed by atoms with Gasteiger partial charge in [0.25, 0.3) is 0 Å². The first-order chi connectivity index (χ1) is 7.25. The second-order valence-electron chi connectivity index (χ2n) is 4.71. The average Bonchev–Trinajstić information content (AvgIpc) is 3.02. The summed E-state index contributed by atoms with van der Waals surface area (Å²) in [5.41, 5.74) is 0.562. The Hall–Kier alpha value is -0.120. The lowest BCUT2D eigenvalue weighted by molar-refractivity contribution is 0.156. The zero-order chi connectivity index (χ0) is 11.1. The van der Waals surface area contributed by atoms with Gasteiger partial charge in [-0.1, -0.05) is 6.92 Å². The van der Waals surface area contributed by atoms with Gasteiger partial charge in [-0.05, 0) is 30.6 Å². The normalized spacial score (nSPS) is 20.2. The van der Waals surface area contributed by atoms with Gasteiger partial charge in [-0.15, -0.1) is 0 Å². The molecule has 0 saturated heterocycles. The van der Waals surface area contributed by atoms with E-state index < -0.39 is 0 Å². The number of hydrogen-bond acceptors (Lipinski definition) is 3. The predicted octanol–water partition coefficient (Wildman–Crippen LogP) is 1.68. The molecule has 0 bridgehead atoms. The second-order valence-corrected chi connectivity index (χ2v) is 4.71. The van der Waals surface area contributed by atoms with E-state index >= 15 is 0 Å². The van der Waals surface area contributed by atoms with Gasteiger partial charge in [0, 0.05) is 33.9 Å². The van der Waals surface area contributed by atoms with Crippen LogP contribution in [0.15, 0.2) is 0 Å². The molecule has 1 saturated carbocycles. The van der Waals surface area contributed by atoms with Crippen LogP contribution in [0.2, 0.25) is 0 Å². The molecular formula is C12H25NO2. The molecule has 1 atom stereocenters. The molecule has 1 unspecified atom stereocenters. The third-order valence-electron chi connectivity index (χ3n) is 3.65. The lowest BCUT2D eigenvalue weighted by atomic mass is 9.88. The molecule has 1 aliphatic rings. The highest BCUT2D eigenvalue weighted by molar-refractivity contribution is 4.98. The van der Waals surface area contributed by atoms with E-state index in [1.807, 2.05) is 0 Å². The molecule has 1 N–H and O–H groups in total. The number of rotatable bonds is 9. The Balaban J connectivity index is 2.14. The zero-order valence-electron chi connectivity index (χ0n) is 10.3.